The van der Waals surface area contributed by atoms with E-state index in [-0.39, 0.29) is 0 Å². The average Bonchev–Trinajstić information content (AvgIpc) is 2.75. The molecule has 4 nitrogen and oxygen atoms in total. The number of hydrogen-bond acceptors (Lipinski definition) is 3. The van der Waals surface area contributed by atoms with E-state index in [2.05, 4.69) is 24.0 Å². The Bertz CT molecular complexity index is 354. The smallest absolute Gasteiger partial charge is 0.0682 e. The van der Waals surface area contributed by atoms with Crippen molar-refractivity contribution < 1.29 is 4.74 Å². The molecule has 1 aromatic heterocycles. The zero-order chi connectivity index (χ0) is 12.3. The minimum atomic E-state index is 0.460. The highest BCUT2D eigenvalue weighted by Gasteiger charge is 2.23. The molecule has 1 aliphatic rings. The predicted molar refractivity (Wildman–Crippen MR) is 68.2 cm³/mol. The molecule has 0 spiro atoms. The van der Waals surface area contributed by atoms with Crippen molar-refractivity contribution in [1.29, 1.82) is 0 Å². The molecule has 0 bridgehead atoms. The van der Waals surface area contributed by atoms with Crippen LogP contribution in [0.4, 0.5) is 0 Å². The van der Waals surface area contributed by atoms with Gasteiger partial charge in [-0.2, -0.15) is 5.10 Å². The normalized spacial score (nSPS) is 17.9. The number of H-pyrrole nitrogens is 1. The predicted octanol–water partition coefficient (Wildman–Crippen LogP) is 1.93. The Labute approximate surface area is 103 Å². The number of ether oxygens (including phenoxy) is 1. The van der Waals surface area contributed by atoms with E-state index in [0.717, 1.165) is 32.5 Å². The highest BCUT2D eigenvalue weighted by molar-refractivity contribution is 5.30. The number of rotatable bonds is 4. The molecule has 0 aliphatic carbocycles. The van der Waals surface area contributed by atoms with Gasteiger partial charge in [0.25, 0.3) is 0 Å². The monoisotopic (exact) mass is 237 g/mol. The molecule has 1 aliphatic heterocycles. The van der Waals surface area contributed by atoms with Gasteiger partial charge >= 0.3 is 0 Å². The maximum atomic E-state index is 5.72. The second-order valence-corrected chi connectivity index (χ2v) is 5.08. The van der Waals surface area contributed by atoms with Gasteiger partial charge in [-0.25, -0.2) is 0 Å². The molecule has 0 atom stereocenters. The van der Waals surface area contributed by atoms with Crippen molar-refractivity contribution in [2.45, 2.75) is 44.9 Å². The maximum Gasteiger partial charge on any atom is 0.0682 e. The number of nitrogens with two attached hydrogens (primary N) is 1. The van der Waals surface area contributed by atoms with Gasteiger partial charge < -0.3 is 10.5 Å². The molecule has 1 saturated heterocycles. The van der Waals surface area contributed by atoms with Gasteiger partial charge in [-0.05, 0) is 37.3 Å². The summed E-state index contributed by atoms with van der Waals surface area (Å²) in [7, 11) is 0. The molecule has 1 aromatic rings. The minimum absolute atomic E-state index is 0.460. The Hall–Kier alpha value is -0.870. The van der Waals surface area contributed by atoms with Crippen molar-refractivity contribution in [3.8, 4) is 0 Å². The first-order chi connectivity index (χ1) is 8.24. The van der Waals surface area contributed by atoms with Crippen molar-refractivity contribution in [2.24, 2.45) is 5.73 Å². The van der Waals surface area contributed by atoms with Crippen LogP contribution in [0.15, 0.2) is 0 Å². The van der Waals surface area contributed by atoms with E-state index in [0.29, 0.717) is 18.4 Å². The first-order valence-corrected chi connectivity index (χ1v) is 6.58. The molecule has 0 radical (unpaired) electrons. The lowest BCUT2D eigenvalue weighted by molar-refractivity contribution is 0.0843. The quantitative estimate of drug-likeness (QED) is 0.841. The molecule has 17 heavy (non-hydrogen) atoms. The van der Waals surface area contributed by atoms with E-state index in [4.69, 9.17) is 10.5 Å². The van der Waals surface area contributed by atoms with Gasteiger partial charge in [0.15, 0.2) is 0 Å². The lowest BCUT2D eigenvalue weighted by Crippen LogP contribution is -2.16. The summed E-state index contributed by atoms with van der Waals surface area (Å²) in [5.41, 5.74) is 9.58. The summed E-state index contributed by atoms with van der Waals surface area (Å²) in [6.07, 6.45) is 3.12. The second kappa shape index (κ2) is 5.65. The van der Waals surface area contributed by atoms with Gasteiger partial charge in [0, 0.05) is 24.8 Å². The minimum Gasteiger partial charge on any atom is -0.381 e. The summed E-state index contributed by atoms with van der Waals surface area (Å²) in [5, 5.41) is 7.74. The van der Waals surface area contributed by atoms with Crippen molar-refractivity contribution >= 4 is 0 Å². The first-order valence-electron chi connectivity index (χ1n) is 6.58. The Morgan fingerprint density at radius 3 is 2.71 bits per heavy atom. The number of aromatic nitrogens is 2. The molecule has 4 heteroatoms. The van der Waals surface area contributed by atoms with Crippen molar-refractivity contribution in [1.82, 2.24) is 10.2 Å². The number of aromatic amines is 1. The second-order valence-electron chi connectivity index (χ2n) is 5.08. The molecule has 3 N–H and O–H groups in total. The number of nitrogens with one attached hydrogen (secondary N) is 1. The third kappa shape index (κ3) is 2.69. The van der Waals surface area contributed by atoms with Crippen LogP contribution in [0.5, 0.6) is 0 Å². The summed E-state index contributed by atoms with van der Waals surface area (Å²) >= 11 is 0. The van der Waals surface area contributed by atoms with Crippen LogP contribution in [-0.4, -0.2) is 30.0 Å². The Morgan fingerprint density at radius 1 is 1.41 bits per heavy atom. The van der Waals surface area contributed by atoms with Gasteiger partial charge in [0.05, 0.1) is 5.69 Å². The van der Waals surface area contributed by atoms with Crippen molar-refractivity contribution in [3.05, 3.63) is 17.0 Å². The fourth-order valence-electron chi connectivity index (χ4n) is 2.60. The summed E-state index contributed by atoms with van der Waals surface area (Å²) in [6.45, 7) is 6.79. The van der Waals surface area contributed by atoms with Gasteiger partial charge in [-0.1, -0.05) is 13.8 Å². The van der Waals surface area contributed by atoms with Crippen molar-refractivity contribution in [2.75, 3.05) is 19.8 Å². The summed E-state index contributed by atoms with van der Waals surface area (Å²) in [4.78, 5) is 0. The molecule has 1 fully saturated rings. The summed E-state index contributed by atoms with van der Waals surface area (Å²) < 4.78 is 5.42. The fourth-order valence-corrected chi connectivity index (χ4v) is 2.60. The van der Waals surface area contributed by atoms with Gasteiger partial charge in [-0.3, -0.25) is 5.10 Å². The SMILES string of the molecule is CC(C)c1n[nH]c(C2CCOCC2)c1CCN. The largest absolute Gasteiger partial charge is 0.381 e. The van der Waals surface area contributed by atoms with Crippen LogP contribution in [-0.2, 0) is 11.2 Å². The van der Waals surface area contributed by atoms with Gasteiger partial charge in [0.1, 0.15) is 0 Å². The molecule has 0 saturated carbocycles. The number of hydrogen-bond donors (Lipinski definition) is 2. The van der Waals surface area contributed by atoms with E-state index in [1.807, 2.05) is 0 Å². The average molecular weight is 237 g/mol. The highest BCUT2D eigenvalue weighted by atomic mass is 16.5. The molecule has 0 unspecified atom stereocenters. The van der Waals surface area contributed by atoms with E-state index < -0.39 is 0 Å². The topological polar surface area (TPSA) is 63.9 Å². The van der Waals surface area contributed by atoms with Crippen LogP contribution in [0.2, 0.25) is 0 Å². The Balaban J connectivity index is 2.25. The highest BCUT2D eigenvalue weighted by Crippen LogP contribution is 2.31. The lowest BCUT2D eigenvalue weighted by atomic mass is 9.90. The molecular formula is C13H23N3O. The van der Waals surface area contributed by atoms with E-state index in [1.54, 1.807) is 0 Å². The summed E-state index contributed by atoms with van der Waals surface area (Å²) in [6, 6.07) is 0. The lowest BCUT2D eigenvalue weighted by Gasteiger charge is -2.22. The molecule has 0 aromatic carbocycles. The van der Waals surface area contributed by atoms with Crippen LogP contribution < -0.4 is 5.73 Å². The van der Waals surface area contributed by atoms with Crippen LogP contribution in [0.1, 0.15) is 55.5 Å². The van der Waals surface area contributed by atoms with Crippen LogP contribution in [0.3, 0.4) is 0 Å². The summed E-state index contributed by atoms with van der Waals surface area (Å²) in [5.74, 6) is 1.03. The van der Waals surface area contributed by atoms with Gasteiger partial charge in [-0.15, -0.1) is 0 Å². The molecular weight excluding hydrogens is 214 g/mol. The van der Waals surface area contributed by atoms with E-state index >= 15 is 0 Å². The maximum absolute atomic E-state index is 5.72. The molecule has 2 rings (SSSR count). The van der Waals surface area contributed by atoms with Crippen LogP contribution in [0.25, 0.3) is 0 Å². The van der Waals surface area contributed by atoms with Gasteiger partial charge in [0.2, 0.25) is 0 Å². The fraction of sp³-hybridized carbons (Fsp3) is 0.769. The van der Waals surface area contributed by atoms with Crippen LogP contribution in [0, 0.1) is 0 Å². The number of nitrogens with zero attached hydrogens (tertiary/aromatic N) is 1. The van der Waals surface area contributed by atoms with Crippen molar-refractivity contribution in [3.63, 3.8) is 0 Å². The standard InChI is InChI=1S/C13H23N3O/c1-9(2)12-11(3-6-14)13(16-15-12)10-4-7-17-8-5-10/h9-10H,3-8,14H2,1-2H3,(H,15,16). The third-order valence-corrected chi connectivity index (χ3v) is 3.50. The Morgan fingerprint density at radius 2 is 2.12 bits per heavy atom. The molecule has 96 valence electrons. The van der Waals surface area contributed by atoms with E-state index in [9.17, 15) is 0 Å². The molecule has 0 amide bonds. The molecule has 2 heterocycles. The Kier molecular flexibility index (Phi) is 4.18. The van der Waals surface area contributed by atoms with Crippen LogP contribution >= 0.6 is 0 Å². The first kappa shape index (κ1) is 12.6. The zero-order valence-corrected chi connectivity index (χ0v) is 10.8. The zero-order valence-electron chi connectivity index (χ0n) is 10.8. The van der Waals surface area contributed by atoms with E-state index in [1.165, 1.54) is 17.0 Å². The third-order valence-electron chi connectivity index (χ3n) is 3.50.